The van der Waals surface area contributed by atoms with Crippen molar-refractivity contribution in [2.45, 2.75) is 6.10 Å². The standard InChI is InChI=1S/C8H6ClFO4/c9-5-1-4(7(11)8(12)13)2-6(3-5)14-10/h1-3,7,11H,(H,12,13)/t7-/m0/s1. The average molecular weight is 221 g/mol. The first-order chi connectivity index (χ1) is 6.54. The van der Waals surface area contributed by atoms with Gasteiger partial charge in [-0.25, -0.2) is 4.79 Å². The van der Waals surface area contributed by atoms with Crippen molar-refractivity contribution in [1.82, 2.24) is 0 Å². The van der Waals surface area contributed by atoms with E-state index in [2.05, 4.69) is 4.94 Å². The molecular formula is C8H6ClFO4. The maximum atomic E-state index is 11.8. The van der Waals surface area contributed by atoms with Crippen LogP contribution in [0.25, 0.3) is 0 Å². The van der Waals surface area contributed by atoms with Crippen LogP contribution in [0.1, 0.15) is 11.7 Å². The zero-order chi connectivity index (χ0) is 10.7. The van der Waals surface area contributed by atoms with Crippen LogP contribution in [0, 0.1) is 0 Å². The van der Waals surface area contributed by atoms with Crippen LogP contribution < -0.4 is 4.94 Å². The lowest BCUT2D eigenvalue weighted by atomic mass is 10.1. The molecule has 1 atom stereocenters. The maximum Gasteiger partial charge on any atom is 0.337 e. The average Bonchev–Trinajstić information content (AvgIpc) is 2.15. The van der Waals surface area contributed by atoms with Crippen LogP contribution in [0.3, 0.4) is 0 Å². The first-order valence-corrected chi connectivity index (χ1v) is 3.92. The summed E-state index contributed by atoms with van der Waals surface area (Å²) < 4.78 is 11.8. The third-order valence-corrected chi connectivity index (χ3v) is 1.75. The number of aliphatic carboxylic acids is 1. The molecule has 0 unspecified atom stereocenters. The number of aliphatic hydroxyl groups is 1. The Labute approximate surface area is 83.4 Å². The Morgan fingerprint density at radius 2 is 2.14 bits per heavy atom. The Balaban J connectivity index is 3.08. The summed E-state index contributed by atoms with van der Waals surface area (Å²) in [6.45, 7) is 0. The number of rotatable bonds is 3. The second kappa shape index (κ2) is 4.26. The van der Waals surface area contributed by atoms with Gasteiger partial charge in [-0.1, -0.05) is 11.6 Å². The van der Waals surface area contributed by atoms with E-state index in [1.807, 2.05) is 0 Å². The minimum absolute atomic E-state index is 0.0438. The topological polar surface area (TPSA) is 66.8 Å². The van der Waals surface area contributed by atoms with Crippen molar-refractivity contribution in [2.24, 2.45) is 0 Å². The number of hydrogen-bond acceptors (Lipinski definition) is 3. The van der Waals surface area contributed by atoms with Crippen molar-refractivity contribution in [3.8, 4) is 5.75 Å². The van der Waals surface area contributed by atoms with Gasteiger partial charge in [0.1, 0.15) is 0 Å². The monoisotopic (exact) mass is 220 g/mol. The highest BCUT2D eigenvalue weighted by atomic mass is 35.5. The van der Waals surface area contributed by atoms with Gasteiger partial charge in [0.05, 0.1) is 0 Å². The lowest BCUT2D eigenvalue weighted by molar-refractivity contribution is -0.146. The summed E-state index contributed by atoms with van der Waals surface area (Å²) in [5, 5.41) is 17.6. The molecule has 1 aromatic carbocycles. The van der Waals surface area contributed by atoms with E-state index < -0.39 is 12.1 Å². The number of aliphatic hydroxyl groups excluding tert-OH is 1. The summed E-state index contributed by atoms with van der Waals surface area (Å²) in [6, 6.07) is 3.41. The van der Waals surface area contributed by atoms with Gasteiger partial charge in [0.15, 0.2) is 11.9 Å². The van der Waals surface area contributed by atoms with Crippen molar-refractivity contribution in [3.63, 3.8) is 0 Å². The molecule has 0 fully saturated rings. The van der Waals surface area contributed by atoms with E-state index in [1.165, 1.54) is 6.07 Å². The van der Waals surface area contributed by atoms with Crippen LogP contribution in [0.2, 0.25) is 5.02 Å². The Hall–Kier alpha value is -1.33. The highest BCUT2D eigenvalue weighted by molar-refractivity contribution is 6.30. The molecule has 0 saturated heterocycles. The first kappa shape index (κ1) is 10.7. The van der Waals surface area contributed by atoms with Gasteiger partial charge >= 0.3 is 5.97 Å². The van der Waals surface area contributed by atoms with E-state index in [4.69, 9.17) is 21.8 Å². The van der Waals surface area contributed by atoms with Gasteiger partial charge in [-0.2, -0.15) is 0 Å². The number of halogens is 2. The molecule has 1 rings (SSSR count). The molecule has 1 aromatic rings. The zero-order valence-corrected chi connectivity index (χ0v) is 7.53. The molecule has 76 valence electrons. The summed E-state index contributed by atoms with van der Waals surface area (Å²) in [7, 11) is 0. The van der Waals surface area contributed by atoms with Crippen LogP contribution in [-0.2, 0) is 4.79 Å². The highest BCUT2D eigenvalue weighted by Gasteiger charge is 2.17. The molecule has 4 nitrogen and oxygen atoms in total. The van der Waals surface area contributed by atoms with Gasteiger partial charge < -0.3 is 10.2 Å². The fraction of sp³-hybridized carbons (Fsp3) is 0.125. The highest BCUT2D eigenvalue weighted by Crippen LogP contribution is 2.25. The fourth-order valence-corrected chi connectivity index (χ4v) is 1.16. The van der Waals surface area contributed by atoms with Crippen LogP contribution in [0.15, 0.2) is 18.2 Å². The molecule has 0 radical (unpaired) electrons. The van der Waals surface area contributed by atoms with Crippen LogP contribution in [0.4, 0.5) is 4.53 Å². The van der Waals surface area contributed by atoms with E-state index in [1.54, 1.807) is 0 Å². The van der Waals surface area contributed by atoms with Gasteiger partial charge in [-0.05, 0) is 17.7 Å². The molecule has 6 heteroatoms. The molecule has 0 bridgehead atoms. The zero-order valence-electron chi connectivity index (χ0n) is 6.78. The predicted molar refractivity (Wildman–Crippen MR) is 45.8 cm³/mol. The molecule has 0 amide bonds. The molecule has 0 saturated carbocycles. The lowest BCUT2D eigenvalue weighted by Gasteiger charge is -2.06. The summed E-state index contributed by atoms with van der Waals surface area (Å²) in [4.78, 5) is 13.8. The maximum absolute atomic E-state index is 11.8. The second-order valence-electron chi connectivity index (χ2n) is 2.54. The molecule has 0 aliphatic heterocycles. The Morgan fingerprint density at radius 1 is 1.50 bits per heavy atom. The number of benzene rings is 1. The summed E-state index contributed by atoms with van der Waals surface area (Å²) in [6.07, 6.45) is -1.75. The van der Waals surface area contributed by atoms with Crippen molar-refractivity contribution in [1.29, 1.82) is 0 Å². The number of carboxylic acid groups (broad SMARTS) is 1. The van der Waals surface area contributed by atoms with Crippen molar-refractivity contribution >= 4 is 17.6 Å². The first-order valence-electron chi connectivity index (χ1n) is 3.54. The minimum Gasteiger partial charge on any atom is -0.479 e. The third kappa shape index (κ3) is 2.34. The molecular weight excluding hydrogens is 215 g/mol. The van der Waals surface area contributed by atoms with Crippen LogP contribution >= 0.6 is 11.6 Å². The molecule has 14 heavy (non-hydrogen) atoms. The van der Waals surface area contributed by atoms with Crippen molar-refractivity contribution in [3.05, 3.63) is 28.8 Å². The SMILES string of the molecule is O=C(O)[C@@H](O)c1cc(Cl)cc(OF)c1. The van der Waals surface area contributed by atoms with E-state index in [-0.39, 0.29) is 16.3 Å². The smallest absolute Gasteiger partial charge is 0.337 e. The summed E-state index contributed by atoms with van der Waals surface area (Å²) in [5.74, 6) is -1.70. The van der Waals surface area contributed by atoms with Gasteiger partial charge in [0, 0.05) is 15.6 Å². The van der Waals surface area contributed by atoms with Crippen LogP contribution in [0.5, 0.6) is 5.75 Å². The largest absolute Gasteiger partial charge is 0.479 e. The number of carbonyl (C=O) groups is 1. The van der Waals surface area contributed by atoms with E-state index in [0.717, 1.165) is 12.1 Å². The number of carboxylic acids is 1. The van der Waals surface area contributed by atoms with Crippen molar-refractivity contribution < 1.29 is 24.5 Å². The minimum atomic E-state index is -1.75. The molecule has 2 N–H and O–H groups in total. The van der Waals surface area contributed by atoms with Gasteiger partial charge in [0.2, 0.25) is 0 Å². The van der Waals surface area contributed by atoms with Gasteiger partial charge in [-0.15, -0.1) is 0 Å². The van der Waals surface area contributed by atoms with Gasteiger partial charge in [-0.3, -0.25) is 4.94 Å². The summed E-state index contributed by atoms with van der Waals surface area (Å²) in [5.41, 5.74) is -0.0438. The molecule has 0 heterocycles. The normalized spacial score (nSPS) is 12.2. The quantitative estimate of drug-likeness (QED) is 0.814. The fourth-order valence-electron chi connectivity index (χ4n) is 0.929. The molecule has 0 aromatic heterocycles. The second-order valence-corrected chi connectivity index (χ2v) is 2.97. The summed E-state index contributed by atoms with van der Waals surface area (Å²) >= 11 is 5.53. The van der Waals surface area contributed by atoms with E-state index in [9.17, 15) is 9.32 Å². The van der Waals surface area contributed by atoms with Crippen molar-refractivity contribution in [2.75, 3.05) is 0 Å². The lowest BCUT2D eigenvalue weighted by Crippen LogP contribution is -2.10. The third-order valence-electron chi connectivity index (χ3n) is 1.53. The molecule has 0 aliphatic carbocycles. The molecule has 0 aliphatic rings. The van der Waals surface area contributed by atoms with E-state index in [0.29, 0.717) is 0 Å². The Kier molecular flexibility index (Phi) is 3.27. The van der Waals surface area contributed by atoms with Gasteiger partial charge in [0.25, 0.3) is 0 Å². The predicted octanol–water partition coefficient (Wildman–Crippen LogP) is 1.72. The molecule has 0 spiro atoms. The Bertz CT molecular complexity index is 355. The Morgan fingerprint density at radius 3 is 2.64 bits per heavy atom. The number of hydrogen-bond donors (Lipinski definition) is 2. The van der Waals surface area contributed by atoms with Crippen LogP contribution in [-0.4, -0.2) is 16.2 Å². The van der Waals surface area contributed by atoms with E-state index >= 15 is 0 Å².